The van der Waals surface area contributed by atoms with Crippen molar-refractivity contribution in [2.45, 2.75) is 37.9 Å². The van der Waals surface area contributed by atoms with Crippen LogP contribution in [0.3, 0.4) is 0 Å². The molecule has 0 saturated heterocycles. The Bertz CT molecular complexity index is 1140. The molecule has 10 heteroatoms. The molecule has 3 N–H and O–H groups in total. The van der Waals surface area contributed by atoms with Gasteiger partial charge in [-0.25, -0.2) is 0 Å². The van der Waals surface area contributed by atoms with Gasteiger partial charge >= 0.3 is 6.18 Å². The number of nitrogens with one attached hydrogen (secondary N) is 3. The van der Waals surface area contributed by atoms with Crippen LogP contribution in [0.1, 0.15) is 41.6 Å². The molecule has 1 amide bonds. The van der Waals surface area contributed by atoms with Gasteiger partial charge in [-0.1, -0.05) is 11.6 Å². The SMILES string of the molecule is COc1ccc2c(NCC3CCC(NC(=O)c4cc(C(F)(F)F)ccc4Cl)CC3)n[nH]c2c1. The summed E-state index contributed by atoms with van der Waals surface area (Å²) in [5.74, 6) is 1.36. The first kappa shape index (κ1) is 23.2. The van der Waals surface area contributed by atoms with Gasteiger partial charge in [-0.3, -0.25) is 9.89 Å². The second kappa shape index (κ2) is 9.51. The molecule has 3 aromatic rings. The van der Waals surface area contributed by atoms with Crippen molar-refractivity contribution in [2.24, 2.45) is 5.92 Å². The van der Waals surface area contributed by atoms with Gasteiger partial charge in [-0.05, 0) is 61.9 Å². The molecule has 0 aliphatic heterocycles. The third-order valence-electron chi connectivity index (χ3n) is 6.05. The first-order valence-corrected chi connectivity index (χ1v) is 11.1. The Balaban J connectivity index is 1.29. The number of methoxy groups -OCH3 is 1. The molecule has 1 aromatic heterocycles. The van der Waals surface area contributed by atoms with Crippen LogP contribution in [0.4, 0.5) is 19.0 Å². The predicted octanol–water partition coefficient (Wildman–Crippen LogP) is 5.64. The average molecular weight is 481 g/mol. The number of halogens is 4. The number of anilines is 1. The van der Waals surface area contributed by atoms with E-state index in [-0.39, 0.29) is 16.6 Å². The van der Waals surface area contributed by atoms with Crippen LogP contribution in [0.15, 0.2) is 36.4 Å². The zero-order chi connectivity index (χ0) is 23.6. The summed E-state index contributed by atoms with van der Waals surface area (Å²) in [5.41, 5.74) is -0.162. The van der Waals surface area contributed by atoms with Gasteiger partial charge in [0.15, 0.2) is 5.82 Å². The zero-order valence-corrected chi connectivity index (χ0v) is 18.7. The number of amides is 1. The van der Waals surface area contributed by atoms with Gasteiger partial charge in [0.1, 0.15) is 5.75 Å². The van der Waals surface area contributed by atoms with Crippen molar-refractivity contribution in [2.75, 3.05) is 19.0 Å². The van der Waals surface area contributed by atoms with Crippen molar-refractivity contribution >= 4 is 34.2 Å². The Kier molecular flexibility index (Phi) is 6.69. The fourth-order valence-corrected chi connectivity index (χ4v) is 4.35. The third kappa shape index (κ3) is 5.35. The topological polar surface area (TPSA) is 79.0 Å². The highest BCUT2D eigenvalue weighted by molar-refractivity contribution is 6.33. The molecule has 0 spiro atoms. The Morgan fingerprint density at radius 1 is 1.18 bits per heavy atom. The maximum atomic E-state index is 13.0. The molecule has 2 aromatic carbocycles. The highest BCUT2D eigenvalue weighted by Crippen LogP contribution is 2.32. The molecule has 1 heterocycles. The Morgan fingerprint density at radius 3 is 2.64 bits per heavy atom. The quantitative estimate of drug-likeness (QED) is 0.426. The minimum absolute atomic E-state index is 0.00207. The van der Waals surface area contributed by atoms with Gasteiger partial charge in [0.2, 0.25) is 0 Å². The Hall–Kier alpha value is -2.94. The highest BCUT2D eigenvalue weighted by Gasteiger charge is 2.32. The van der Waals surface area contributed by atoms with E-state index in [0.29, 0.717) is 5.92 Å². The smallest absolute Gasteiger partial charge is 0.416 e. The molecule has 6 nitrogen and oxygen atoms in total. The van der Waals surface area contributed by atoms with Crippen LogP contribution in [-0.2, 0) is 6.18 Å². The number of aromatic nitrogens is 2. The highest BCUT2D eigenvalue weighted by atomic mass is 35.5. The van der Waals surface area contributed by atoms with Gasteiger partial charge < -0.3 is 15.4 Å². The van der Waals surface area contributed by atoms with Crippen LogP contribution in [-0.4, -0.2) is 35.8 Å². The van der Waals surface area contributed by atoms with Crippen molar-refractivity contribution in [1.82, 2.24) is 15.5 Å². The summed E-state index contributed by atoms with van der Waals surface area (Å²) in [6, 6.07) is 8.40. The van der Waals surface area contributed by atoms with Gasteiger partial charge in [-0.2, -0.15) is 18.3 Å². The molecule has 4 rings (SSSR count). The molecule has 33 heavy (non-hydrogen) atoms. The van der Waals surface area contributed by atoms with Crippen LogP contribution >= 0.6 is 11.6 Å². The second-order valence-corrected chi connectivity index (χ2v) is 8.66. The standard InChI is InChI=1S/C23H24ClF3N4O2/c1-33-16-7-8-17-20(11-16)30-31-21(17)28-12-13-2-5-15(6-3-13)29-22(32)18-10-14(23(25,26)27)4-9-19(18)24/h4,7-11,13,15H,2-3,5-6,12H2,1H3,(H,29,32)(H2,28,30,31). The van der Waals surface area contributed by atoms with Crippen LogP contribution in [0.25, 0.3) is 10.9 Å². The Morgan fingerprint density at radius 2 is 1.94 bits per heavy atom. The lowest BCUT2D eigenvalue weighted by Crippen LogP contribution is -2.38. The number of alkyl halides is 3. The van der Waals surface area contributed by atoms with Crippen molar-refractivity contribution in [1.29, 1.82) is 0 Å². The van der Waals surface area contributed by atoms with E-state index in [1.807, 2.05) is 18.2 Å². The molecule has 1 aliphatic rings. The fraction of sp³-hybridized carbons (Fsp3) is 0.391. The lowest BCUT2D eigenvalue weighted by Gasteiger charge is -2.29. The van der Waals surface area contributed by atoms with E-state index in [1.165, 1.54) is 0 Å². The summed E-state index contributed by atoms with van der Waals surface area (Å²) >= 11 is 5.98. The Labute approximate surface area is 193 Å². The normalized spacial score (nSPS) is 18.8. The van der Waals surface area contributed by atoms with Gasteiger partial charge in [0, 0.05) is 24.0 Å². The number of ether oxygens (including phenoxy) is 1. The van der Waals surface area contributed by atoms with Crippen LogP contribution < -0.4 is 15.4 Å². The lowest BCUT2D eigenvalue weighted by molar-refractivity contribution is -0.137. The number of carbonyl (C=O) groups is 1. The van der Waals surface area contributed by atoms with Crippen molar-refractivity contribution in [3.05, 3.63) is 52.5 Å². The number of carbonyl (C=O) groups excluding carboxylic acids is 1. The molecule has 1 aliphatic carbocycles. The van der Waals surface area contributed by atoms with Crippen LogP contribution in [0, 0.1) is 5.92 Å². The van der Waals surface area contributed by atoms with E-state index >= 15 is 0 Å². The van der Waals surface area contributed by atoms with E-state index in [9.17, 15) is 18.0 Å². The largest absolute Gasteiger partial charge is 0.497 e. The summed E-state index contributed by atoms with van der Waals surface area (Å²) in [6.07, 6.45) is -1.29. The molecule has 1 fully saturated rings. The van der Waals surface area contributed by atoms with E-state index in [4.69, 9.17) is 16.3 Å². The van der Waals surface area contributed by atoms with Crippen molar-refractivity contribution in [3.8, 4) is 5.75 Å². The predicted molar refractivity (Wildman–Crippen MR) is 121 cm³/mol. The minimum Gasteiger partial charge on any atom is -0.497 e. The molecule has 0 radical (unpaired) electrons. The number of rotatable bonds is 6. The molecule has 0 bridgehead atoms. The van der Waals surface area contributed by atoms with E-state index in [0.717, 1.165) is 72.9 Å². The first-order chi connectivity index (χ1) is 15.7. The maximum absolute atomic E-state index is 13.0. The second-order valence-electron chi connectivity index (χ2n) is 8.25. The average Bonchev–Trinajstić information content (AvgIpc) is 3.20. The number of H-pyrrole nitrogens is 1. The maximum Gasteiger partial charge on any atom is 0.416 e. The lowest BCUT2D eigenvalue weighted by atomic mass is 9.86. The third-order valence-corrected chi connectivity index (χ3v) is 6.38. The summed E-state index contributed by atoms with van der Waals surface area (Å²) in [4.78, 5) is 12.5. The van der Waals surface area contributed by atoms with Gasteiger partial charge in [0.05, 0.1) is 28.8 Å². The molecular formula is C23H24ClF3N4O2. The molecule has 0 atom stereocenters. The zero-order valence-electron chi connectivity index (χ0n) is 17.9. The minimum atomic E-state index is -4.53. The fourth-order valence-electron chi connectivity index (χ4n) is 4.15. The summed E-state index contributed by atoms with van der Waals surface area (Å²) in [5, 5.41) is 14.5. The number of benzene rings is 2. The van der Waals surface area contributed by atoms with E-state index < -0.39 is 17.6 Å². The van der Waals surface area contributed by atoms with E-state index in [2.05, 4.69) is 20.8 Å². The van der Waals surface area contributed by atoms with Crippen molar-refractivity contribution in [3.63, 3.8) is 0 Å². The van der Waals surface area contributed by atoms with Crippen LogP contribution in [0.5, 0.6) is 5.75 Å². The molecular weight excluding hydrogens is 457 g/mol. The number of hydrogen-bond donors (Lipinski definition) is 3. The number of aromatic amines is 1. The number of hydrogen-bond acceptors (Lipinski definition) is 4. The monoisotopic (exact) mass is 480 g/mol. The summed E-state index contributed by atoms with van der Waals surface area (Å²) < 4.78 is 44.1. The summed E-state index contributed by atoms with van der Waals surface area (Å²) in [7, 11) is 1.61. The number of nitrogens with zero attached hydrogens (tertiary/aromatic N) is 1. The molecule has 1 saturated carbocycles. The number of fused-ring (bicyclic) bond motifs is 1. The molecule has 176 valence electrons. The molecule has 0 unspecified atom stereocenters. The van der Waals surface area contributed by atoms with E-state index in [1.54, 1.807) is 7.11 Å². The first-order valence-electron chi connectivity index (χ1n) is 10.7. The summed E-state index contributed by atoms with van der Waals surface area (Å²) in [6.45, 7) is 0.742. The van der Waals surface area contributed by atoms with Crippen LogP contribution in [0.2, 0.25) is 5.02 Å². The van der Waals surface area contributed by atoms with Crippen molar-refractivity contribution < 1.29 is 22.7 Å². The van der Waals surface area contributed by atoms with Gasteiger partial charge in [-0.15, -0.1) is 0 Å². The van der Waals surface area contributed by atoms with Gasteiger partial charge in [0.25, 0.3) is 5.91 Å².